The molecule has 0 spiro atoms. The Morgan fingerprint density at radius 3 is 2.53 bits per heavy atom. The highest BCUT2D eigenvalue weighted by Gasteiger charge is 1.97. The summed E-state index contributed by atoms with van der Waals surface area (Å²) >= 11 is 0. The van der Waals surface area contributed by atoms with Gasteiger partial charge in [0.1, 0.15) is 12.4 Å². The number of rotatable bonds is 7. The van der Waals surface area contributed by atoms with Crippen LogP contribution in [0, 0.1) is 5.92 Å². The summed E-state index contributed by atoms with van der Waals surface area (Å²) in [5.41, 5.74) is 4.67. The van der Waals surface area contributed by atoms with Crippen LogP contribution in [0.1, 0.15) is 27.2 Å². The van der Waals surface area contributed by atoms with Crippen LogP contribution in [0.15, 0.2) is 48.1 Å². The minimum Gasteiger partial charge on any atom is -0.489 e. The van der Waals surface area contributed by atoms with E-state index in [1.165, 1.54) is 5.57 Å². The number of hydrogen-bond acceptors (Lipinski definition) is 3. The standard InChI is InChI=1S/C16H24N2O/c1-4-5-14(7-6-13(2)3)12-19-16-10-8-15(18-17)9-11-16/h5-11,13,18H,4,12,17H2,1-3H3/b7-6-,14-5+. The Hall–Kier alpha value is -1.74. The summed E-state index contributed by atoms with van der Waals surface area (Å²) in [6.07, 6.45) is 7.53. The van der Waals surface area contributed by atoms with Crippen molar-refractivity contribution < 1.29 is 4.74 Å². The first kappa shape index (κ1) is 15.3. The summed E-state index contributed by atoms with van der Waals surface area (Å²) in [4.78, 5) is 0. The zero-order valence-electron chi connectivity index (χ0n) is 12.0. The smallest absolute Gasteiger partial charge is 0.119 e. The number of benzene rings is 1. The van der Waals surface area contributed by atoms with Crippen molar-refractivity contribution in [2.45, 2.75) is 27.2 Å². The van der Waals surface area contributed by atoms with Crippen LogP contribution in [-0.2, 0) is 0 Å². The SMILES string of the molecule is CC/C=C(\C=C/C(C)C)COc1ccc(NN)cc1. The van der Waals surface area contributed by atoms with Crippen molar-refractivity contribution in [3.8, 4) is 5.75 Å². The molecule has 0 aliphatic heterocycles. The lowest BCUT2D eigenvalue weighted by atomic mass is 10.1. The van der Waals surface area contributed by atoms with Gasteiger partial charge in [-0.05, 0) is 42.2 Å². The molecule has 1 aromatic rings. The van der Waals surface area contributed by atoms with Gasteiger partial charge in [-0.25, -0.2) is 0 Å². The molecule has 0 atom stereocenters. The van der Waals surface area contributed by atoms with E-state index in [1.807, 2.05) is 24.3 Å². The minimum absolute atomic E-state index is 0.551. The van der Waals surface area contributed by atoms with Crippen LogP contribution in [0.4, 0.5) is 5.69 Å². The highest BCUT2D eigenvalue weighted by molar-refractivity contribution is 5.45. The molecule has 0 radical (unpaired) electrons. The first-order valence-electron chi connectivity index (χ1n) is 6.72. The fraction of sp³-hybridized carbons (Fsp3) is 0.375. The summed E-state index contributed by atoms with van der Waals surface area (Å²) in [5.74, 6) is 6.72. The average molecular weight is 260 g/mol. The van der Waals surface area contributed by atoms with Crippen molar-refractivity contribution in [2.24, 2.45) is 11.8 Å². The first-order chi connectivity index (χ1) is 9.15. The Balaban J connectivity index is 2.58. The van der Waals surface area contributed by atoms with E-state index in [4.69, 9.17) is 10.6 Å². The molecule has 1 rings (SSSR count). The Morgan fingerprint density at radius 1 is 1.32 bits per heavy atom. The van der Waals surface area contributed by atoms with E-state index < -0.39 is 0 Å². The fourth-order valence-corrected chi connectivity index (χ4v) is 1.57. The highest BCUT2D eigenvalue weighted by atomic mass is 16.5. The molecule has 1 aromatic carbocycles. The van der Waals surface area contributed by atoms with Crippen molar-refractivity contribution in [2.75, 3.05) is 12.0 Å². The van der Waals surface area contributed by atoms with Crippen LogP contribution in [0.2, 0.25) is 0 Å². The molecule has 104 valence electrons. The average Bonchev–Trinajstić information content (AvgIpc) is 2.42. The summed E-state index contributed by atoms with van der Waals surface area (Å²) in [6.45, 7) is 7.05. The van der Waals surface area contributed by atoms with Crippen molar-refractivity contribution in [3.63, 3.8) is 0 Å². The van der Waals surface area contributed by atoms with E-state index in [1.54, 1.807) is 0 Å². The molecule has 0 aromatic heterocycles. The predicted octanol–water partition coefficient (Wildman–Crippen LogP) is 3.90. The number of nitrogens with one attached hydrogen (secondary N) is 1. The van der Waals surface area contributed by atoms with E-state index >= 15 is 0 Å². The summed E-state index contributed by atoms with van der Waals surface area (Å²) < 4.78 is 5.76. The lowest BCUT2D eigenvalue weighted by molar-refractivity contribution is 0.355. The molecule has 0 fully saturated rings. The molecule has 0 amide bonds. The van der Waals surface area contributed by atoms with Gasteiger partial charge in [0.05, 0.1) is 0 Å². The molecule has 3 N–H and O–H groups in total. The molecule has 0 aliphatic carbocycles. The van der Waals surface area contributed by atoms with E-state index in [-0.39, 0.29) is 0 Å². The maximum atomic E-state index is 5.76. The lowest BCUT2D eigenvalue weighted by Crippen LogP contribution is -2.06. The van der Waals surface area contributed by atoms with Gasteiger partial charge in [-0.3, -0.25) is 5.84 Å². The molecular formula is C16H24N2O. The molecular weight excluding hydrogens is 236 g/mol. The van der Waals surface area contributed by atoms with E-state index in [2.05, 4.69) is 44.4 Å². The molecule has 0 bridgehead atoms. The maximum Gasteiger partial charge on any atom is 0.119 e. The fourth-order valence-electron chi connectivity index (χ4n) is 1.57. The van der Waals surface area contributed by atoms with Gasteiger partial charge in [0.25, 0.3) is 0 Å². The highest BCUT2D eigenvalue weighted by Crippen LogP contribution is 2.16. The van der Waals surface area contributed by atoms with Crippen LogP contribution in [-0.4, -0.2) is 6.61 Å². The number of allylic oxidation sites excluding steroid dienone is 2. The minimum atomic E-state index is 0.551. The lowest BCUT2D eigenvalue weighted by Gasteiger charge is -2.08. The second-order valence-electron chi connectivity index (χ2n) is 4.75. The number of anilines is 1. The molecule has 3 heteroatoms. The van der Waals surface area contributed by atoms with Crippen molar-refractivity contribution >= 4 is 5.69 Å². The van der Waals surface area contributed by atoms with Gasteiger partial charge in [-0.1, -0.05) is 39.0 Å². The molecule has 0 unspecified atom stereocenters. The van der Waals surface area contributed by atoms with Crippen LogP contribution in [0.25, 0.3) is 0 Å². The van der Waals surface area contributed by atoms with Crippen LogP contribution in [0.3, 0.4) is 0 Å². The second-order valence-corrected chi connectivity index (χ2v) is 4.75. The number of nitrogens with two attached hydrogens (primary N) is 1. The molecule has 0 aliphatic rings. The van der Waals surface area contributed by atoms with Gasteiger partial charge in [0, 0.05) is 5.69 Å². The Bertz CT molecular complexity index is 419. The Kier molecular flexibility index (Phi) is 6.75. The topological polar surface area (TPSA) is 47.3 Å². The van der Waals surface area contributed by atoms with E-state index in [9.17, 15) is 0 Å². The third-order valence-corrected chi connectivity index (χ3v) is 2.59. The van der Waals surface area contributed by atoms with Crippen molar-refractivity contribution in [3.05, 3.63) is 48.1 Å². The molecule has 3 nitrogen and oxygen atoms in total. The molecule has 0 saturated heterocycles. The molecule has 0 heterocycles. The third-order valence-electron chi connectivity index (χ3n) is 2.59. The Morgan fingerprint density at radius 2 is 2.00 bits per heavy atom. The van der Waals surface area contributed by atoms with Crippen LogP contribution >= 0.6 is 0 Å². The normalized spacial score (nSPS) is 12.2. The van der Waals surface area contributed by atoms with Crippen LogP contribution in [0.5, 0.6) is 5.75 Å². The number of hydrazine groups is 1. The number of hydrogen-bond donors (Lipinski definition) is 2. The Labute approximate surface area is 116 Å². The third kappa shape index (κ3) is 6.11. The van der Waals surface area contributed by atoms with Gasteiger partial charge >= 0.3 is 0 Å². The predicted molar refractivity (Wildman–Crippen MR) is 82.1 cm³/mol. The zero-order valence-corrected chi connectivity index (χ0v) is 12.0. The molecule has 0 saturated carbocycles. The summed E-state index contributed by atoms with van der Waals surface area (Å²) in [7, 11) is 0. The van der Waals surface area contributed by atoms with Crippen LogP contribution < -0.4 is 16.0 Å². The van der Waals surface area contributed by atoms with Gasteiger partial charge in [-0.15, -0.1) is 0 Å². The van der Waals surface area contributed by atoms with E-state index in [0.717, 1.165) is 17.9 Å². The first-order valence-corrected chi connectivity index (χ1v) is 6.72. The monoisotopic (exact) mass is 260 g/mol. The summed E-state index contributed by atoms with van der Waals surface area (Å²) in [5, 5.41) is 0. The maximum absolute atomic E-state index is 5.76. The van der Waals surface area contributed by atoms with Gasteiger partial charge < -0.3 is 10.2 Å². The van der Waals surface area contributed by atoms with Gasteiger partial charge in [-0.2, -0.15) is 0 Å². The number of nitrogen functional groups attached to an aromatic ring is 1. The zero-order chi connectivity index (χ0) is 14.1. The largest absolute Gasteiger partial charge is 0.489 e. The van der Waals surface area contributed by atoms with Gasteiger partial charge in [0.2, 0.25) is 0 Å². The number of ether oxygens (including phenoxy) is 1. The quantitative estimate of drug-likeness (QED) is 0.444. The van der Waals surface area contributed by atoms with Crippen molar-refractivity contribution in [1.29, 1.82) is 0 Å². The van der Waals surface area contributed by atoms with E-state index in [0.29, 0.717) is 12.5 Å². The van der Waals surface area contributed by atoms with Gasteiger partial charge in [0.15, 0.2) is 0 Å². The second kappa shape index (κ2) is 8.38. The summed E-state index contributed by atoms with van der Waals surface area (Å²) in [6, 6.07) is 7.60. The van der Waals surface area contributed by atoms with Crippen molar-refractivity contribution in [1.82, 2.24) is 0 Å². The molecule has 19 heavy (non-hydrogen) atoms.